The summed E-state index contributed by atoms with van der Waals surface area (Å²) in [6.45, 7) is 0. The average Bonchev–Trinajstić information content (AvgIpc) is 3.22. The number of nitro groups is 1. The van der Waals surface area contributed by atoms with Gasteiger partial charge in [-0.05, 0) is 36.4 Å². The maximum Gasteiger partial charge on any atom is 0.270 e. The van der Waals surface area contributed by atoms with Gasteiger partial charge in [0.25, 0.3) is 5.69 Å². The molecule has 0 radical (unpaired) electrons. The highest BCUT2D eigenvalue weighted by molar-refractivity contribution is 7.99. The molecule has 0 saturated carbocycles. The largest absolute Gasteiger partial charge is 0.293 e. The van der Waals surface area contributed by atoms with Crippen LogP contribution in [0.25, 0.3) is 17.1 Å². The number of Topliss-reactive ketones (excluding diaryl/α,β-unsaturated/α-hetero) is 1. The number of halogens is 1. The molecule has 9 heteroatoms. The van der Waals surface area contributed by atoms with E-state index in [0.29, 0.717) is 22.1 Å². The maximum absolute atomic E-state index is 13.1. The first kappa shape index (κ1) is 20.4. The fraction of sp³-hybridized carbons (Fsp3) is 0.0455. The van der Waals surface area contributed by atoms with Crippen LogP contribution in [-0.2, 0) is 0 Å². The molecule has 0 aliphatic heterocycles. The second-order valence-corrected chi connectivity index (χ2v) is 7.45. The van der Waals surface area contributed by atoms with Crippen LogP contribution >= 0.6 is 11.8 Å². The van der Waals surface area contributed by atoms with E-state index in [1.54, 1.807) is 16.7 Å². The van der Waals surface area contributed by atoms with Gasteiger partial charge in [-0.25, -0.2) is 4.39 Å². The zero-order valence-electron chi connectivity index (χ0n) is 16.0. The van der Waals surface area contributed by atoms with Gasteiger partial charge in [0.15, 0.2) is 16.8 Å². The zero-order chi connectivity index (χ0) is 21.8. The van der Waals surface area contributed by atoms with Gasteiger partial charge in [0, 0.05) is 28.9 Å². The maximum atomic E-state index is 13.1. The predicted octanol–water partition coefficient (Wildman–Crippen LogP) is 4.96. The first-order valence-corrected chi connectivity index (χ1v) is 10.2. The molecule has 7 nitrogen and oxygen atoms in total. The Labute approximate surface area is 180 Å². The minimum Gasteiger partial charge on any atom is -0.293 e. The number of hydrogen-bond acceptors (Lipinski definition) is 6. The van der Waals surface area contributed by atoms with Crippen molar-refractivity contribution in [1.29, 1.82) is 0 Å². The molecule has 0 aliphatic rings. The first-order valence-electron chi connectivity index (χ1n) is 9.20. The molecule has 0 N–H and O–H groups in total. The lowest BCUT2D eigenvalue weighted by molar-refractivity contribution is -0.384. The number of nitrogens with zero attached hydrogens (tertiary/aromatic N) is 4. The third kappa shape index (κ3) is 4.51. The SMILES string of the molecule is O=C(CSc1nnc(-c2cccc([N+](=O)[O-])c2)n1-c1ccccc1)c1ccc(F)cc1. The molecule has 0 amide bonds. The van der Waals surface area contributed by atoms with Gasteiger partial charge >= 0.3 is 0 Å². The van der Waals surface area contributed by atoms with Crippen molar-refractivity contribution < 1.29 is 14.1 Å². The fourth-order valence-corrected chi connectivity index (χ4v) is 3.81. The topological polar surface area (TPSA) is 90.9 Å². The summed E-state index contributed by atoms with van der Waals surface area (Å²) in [6.07, 6.45) is 0. The van der Waals surface area contributed by atoms with Crippen LogP contribution in [0.2, 0.25) is 0 Å². The molecule has 154 valence electrons. The normalized spacial score (nSPS) is 10.7. The van der Waals surface area contributed by atoms with Gasteiger partial charge in [-0.2, -0.15) is 0 Å². The number of nitro benzene ring substituents is 1. The highest BCUT2D eigenvalue weighted by Crippen LogP contribution is 2.30. The van der Waals surface area contributed by atoms with Crippen LogP contribution in [0.4, 0.5) is 10.1 Å². The summed E-state index contributed by atoms with van der Waals surface area (Å²) < 4.78 is 14.9. The summed E-state index contributed by atoms with van der Waals surface area (Å²) in [6, 6.07) is 20.8. The van der Waals surface area contributed by atoms with Crippen LogP contribution < -0.4 is 0 Å². The van der Waals surface area contributed by atoms with Gasteiger partial charge in [0.2, 0.25) is 0 Å². The average molecular weight is 434 g/mol. The molecule has 1 heterocycles. The van der Waals surface area contributed by atoms with Crippen LogP contribution in [-0.4, -0.2) is 31.2 Å². The number of aromatic nitrogens is 3. The van der Waals surface area contributed by atoms with Crippen LogP contribution in [0.5, 0.6) is 0 Å². The van der Waals surface area contributed by atoms with E-state index in [4.69, 9.17) is 0 Å². The highest BCUT2D eigenvalue weighted by Gasteiger charge is 2.19. The lowest BCUT2D eigenvalue weighted by Crippen LogP contribution is -2.05. The van der Waals surface area contributed by atoms with E-state index in [2.05, 4.69) is 10.2 Å². The number of hydrogen-bond donors (Lipinski definition) is 0. The molecule has 0 atom stereocenters. The predicted molar refractivity (Wildman–Crippen MR) is 115 cm³/mol. The number of para-hydroxylation sites is 1. The van der Waals surface area contributed by atoms with Crippen molar-refractivity contribution in [1.82, 2.24) is 14.8 Å². The summed E-state index contributed by atoms with van der Waals surface area (Å²) in [7, 11) is 0. The van der Waals surface area contributed by atoms with Crippen molar-refractivity contribution in [2.24, 2.45) is 0 Å². The Bertz CT molecular complexity index is 1240. The van der Waals surface area contributed by atoms with Gasteiger partial charge in [0.05, 0.1) is 10.7 Å². The fourth-order valence-electron chi connectivity index (χ4n) is 2.97. The smallest absolute Gasteiger partial charge is 0.270 e. The van der Waals surface area contributed by atoms with E-state index < -0.39 is 10.7 Å². The number of rotatable bonds is 7. The molecule has 0 fully saturated rings. The van der Waals surface area contributed by atoms with Gasteiger partial charge in [-0.15, -0.1) is 10.2 Å². The molecule has 0 unspecified atom stereocenters. The summed E-state index contributed by atoms with van der Waals surface area (Å²) in [4.78, 5) is 23.2. The van der Waals surface area contributed by atoms with Gasteiger partial charge in [0.1, 0.15) is 5.82 Å². The molecule has 0 bridgehead atoms. The van der Waals surface area contributed by atoms with Crippen molar-refractivity contribution >= 4 is 23.2 Å². The molecule has 1 aromatic heterocycles. The minimum atomic E-state index is -0.469. The second-order valence-electron chi connectivity index (χ2n) is 6.50. The van der Waals surface area contributed by atoms with Crippen LogP contribution in [0.3, 0.4) is 0 Å². The van der Waals surface area contributed by atoms with E-state index in [9.17, 15) is 19.3 Å². The number of ketones is 1. The first-order chi connectivity index (χ1) is 15.0. The van der Waals surface area contributed by atoms with Gasteiger partial charge in [-0.3, -0.25) is 19.5 Å². The Morgan fingerprint density at radius 2 is 1.74 bits per heavy atom. The Morgan fingerprint density at radius 1 is 1.00 bits per heavy atom. The van der Waals surface area contributed by atoms with Crippen molar-refractivity contribution in [2.45, 2.75) is 5.16 Å². The Balaban J connectivity index is 1.68. The quantitative estimate of drug-likeness (QED) is 0.177. The molecule has 0 aliphatic carbocycles. The van der Waals surface area contributed by atoms with Crippen molar-refractivity contribution in [3.05, 3.63) is 100 Å². The highest BCUT2D eigenvalue weighted by atomic mass is 32.2. The number of carbonyl (C=O) groups excluding carboxylic acids is 1. The third-order valence-corrected chi connectivity index (χ3v) is 5.39. The lowest BCUT2D eigenvalue weighted by Gasteiger charge is -2.10. The van der Waals surface area contributed by atoms with E-state index in [1.165, 1.54) is 48.2 Å². The molecular weight excluding hydrogens is 419 g/mol. The zero-order valence-corrected chi connectivity index (χ0v) is 16.8. The van der Waals surface area contributed by atoms with Gasteiger partial charge < -0.3 is 0 Å². The molecule has 31 heavy (non-hydrogen) atoms. The van der Waals surface area contributed by atoms with E-state index in [0.717, 1.165) is 5.69 Å². The summed E-state index contributed by atoms with van der Waals surface area (Å²) in [5.74, 6) is -0.0864. The number of carbonyl (C=O) groups is 1. The molecule has 0 spiro atoms. The minimum absolute atomic E-state index is 0.0548. The van der Waals surface area contributed by atoms with E-state index >= 15 is 0 Å². The lowest BCUT2D eigenvalue weighted by atomic mass is 10.1. The number of non-ortho nitro benzene ring substituents is 1. The van der Waals surface area contributed by atoms with Crippen molar-refractivity contribution in [3.8, 4) is 17.1 Å². The Kier molecular flexibility index (Phi) is 5.85. The van der Waals surface area contributed by atoms with Crippen LogP contribution in [0.1, 0.15) is 10.4 Å². The summed E-state index contributed by atoms with van der Waals surface area (Å²) in [5, 5.41) is 20.1. The summed E-state index contributed by atoms with van der Waals surface area (Å²) in [5.41, 5.74) is 1.63. The van der Waals surface area contributed by atoms with Crippen LogP contribution in [0, 0.1) is 15.9 Å². The Hall–Kier alpha value is -3.85. The van der Waals surface area contributed by atoms with E-state index in [1.807, 2.05) is 30.3 Å². The Morgan fingerprint density at radius 3 is 2.45 bits per heavy atom. The van der Waals surface area contributed by atoms with Crippen molar-refractivity contribution in [2.75, 3.05) is 5.75 Å². The molecule has 3 aromatic carbocycles. The number of benzene rings is 3. The monoisotopic (exact) mass is 434 g/mol. The molecule has 4 rings (SSSR count). The molecule has 0 saturated heterocycles. The summed E-state index contributed by atoms with van der Waals surface area (Å²) >= 11 is 1.19. The van der Waals surface area contributed by atoms with Crippen LogP contribution in [0.15, 0.2) is 84.0 Å². The molecular formula is C22H15FN4O3S. The molecule has 4 aromatic rings. The number of thioether (sulfide) groups is 1. The standard InChI is InChI=1S/C22H15FN4O3S/c23-17-11-9-15(10-12-17)20(28)14-31-22-25-24-21(26(22)18-6-2-1-3-7-18)16-5-4-8-19(13-16)27(29)30/h1-13H,14H2. The second kappa shape index (κ2) is 8.88. The van der Waals surface area contributed by atoms with Gasteiger partial charge in [-0.1, -0.05) is 42.1 Å². The van der Waals surface area contributed by atoms with E-state index in [-0.39, 0.29) is 17.2 Å². The third-order valence-electron chi connectivity index (χ3n) is 4.46. The van der Waals surface area contributed by atoms with Crippen molar-refractivity contribution in [3.63, 3.8) is 0 Å².